The first-order valence-corrected chi connectivity index (χ1v) is 6.56. The molecule has 0 saturated heterocycles. The number of phenolic OH excluding ortho intramolecular Hbond substituents is 1. The molecule has 0 unspecified atom stereocenters. The molecule has 94 valence electrons. The topological polar surface area (TPSA) is 50.4 Å². The standard InChI is InChI=1S/C14H14O3S/c1-9(15)11-3-4-13(16)12(7-11)8-18-14-5-6-17-10(14)2/h3-7,16H,8H2,1-2H3. The smallest absolute Gasteiger partial charge is 0.159 e. The highest BCUT2D eigenvalue weighted by atomic mass is 32.2. The van der Waals surface area contributed by atoms with Crippen LogP contribution in [-0.2, 0) is 5.75 Å². The van der Waals surface area contributed by atoms with Gasteiger partial charge in [-0.15, -0.1) is 11.8 Å². The van der Waals surface area contributed by atoms with Gasteiger partial charge < -0.3 is 9.52 Å². The fourth-order valence-corrected chi connectivity index (χ4v) is 2.54. The van der Waals surface area contributed by atoms with E-state index < -0.39 is 0 Å². The maximum atomic E-state index is 11.3. The van der Waals surface area contributed by atoms with Crippen molar-refractivity contribution in [1.82, 2.24) is 0 Å². The molecule has 18 heavy (non-hydrogen) atoms. The molecule has 1 heterocycles. The molecule has 0 fully saturated rings. The van der Waals surface area contributed by atoms with Crippen molar-refractivity contribution in [3.63, 3.8) is 0 Å². The summed E-state index contributed by atoms with van der Waals surface area (Å²) in [4.78, 5) is 12.3. The molecule has 0 aliphatic heterocycles. The van der Waals surface area contributed by atoms with Gasteiger partial charge in [-0.1, -0.05) is 0 Å². The molecule has 0 saturated carbocycles. The van der Waals surface area contributed by atoms with Crippen LogP contribution >= 0.6 is 11.8 Å². The van der Waals surface area contributed by atoms with Gasteiger partial charge in [0, 0.05) is 21.8 Å². The van der Waals surface area contributed by atoms with Crippen molar-refractivity contribution in [3.05, 3.63) is 47.4 Å². The highest BCUT2D eigenvalue weighted by molar-refractivity contribution is 7.98. The minimum atomic E-state index is 0.000687. The highest BCUT2D eigenvalue weighted by Gasteiger charge is 2.08. The number of carbonyl (C=O) groups is 1. The Morgan fingerprint density at radius 1 is 1.39 bits per heavy atom. The summed E-state index contributed by atoms with van der Waals surface area (Å²) in [6.45, 7) is 3.41. The summed E-state index contributed by atoms with van der Waals surface area (Å²) in [5.74, 6) is 1.68. The maximum absolute atomic E-state index is 11.3. The molecule has 0 aliphatic carbocycles. The van der Waals surface area contributed by atoms with Crippen LogP contribution in [0.15, 0.2) is 39.8 Å². The van der Waals surface area contributed by atoms with E-state index in [1.165, 1.54) is 6.92 Å². The van der Waals surface area contributed by atoms with E-state index in [1.807, 2.05) is 13.0 Å². The molecular formula is C14H14O3S. The predicted octanol–water partition coefficient (Wildman–Crippen LogP) is 3.79. The average Bonchev–Trinajstić information content (AvgIpc) is 2.73. The number of thioether (sulfide) groups is 1. The molecule has 0 radical (unpaired) electrons. The van der Waals surface area contributed by atoms with Crippen LogP contribution in [0.5, 0.6) is 5.75 Å². The molecule has 3 nitrogen and oxygen atoms in total. The predicted molar refractivity (Wildman–Crippen MR) is 71.1 cm³/mol. The summed E-state index contributed by atoms with van der Waals surface area (Å²) in [5, 5.41) is 9.77. The summed E-state index contributed by atoms with van der Waals surface area (Å²) in [5.41, 5.74) is 1.38. The molecule has 1 aromatic carbocycles. The Bertz CT molecular complexity index is 572. The number of aromatic hydroxyl groups is 1. The van der Waals surface area contributed by atoms with E-state index in [1.54, 1.807) is 36.2 Å². The lowest BCUT2D eigenvalue weighted by atomic mass is 10.1. The van der Waals surface area contributed by atoms with Gasteiger partial charge in [0.05, 0.1) is 6.26 Å². The number of benzene rings is 1. The van der Waals surface area contributed by atoms with E-state index in [4.69, 9.17) is 4.42 Å². The number of Topliss-reactive ketones (excluding diaryl/α,β-unsaturated/α-hetero) is 1. The molecule has 2 aromatic rings. The van der Waals surface area contributed by atoms with Crippen LogP contribution in [0.4, 0.5) is 0 Å². The zero-order valence-electron chi connectivity index (χ0n) is 10.3. The number of ketones is 1. The van der Waals surface area contributed by atoms with Crippen molar-refractivity contribution in [2.24, 2.45) is 0 Å². The fraction of sp³-hybridized carbons (Fsp3) is 0.214. The third-order valence-electron chi connectivity index (χ3n) is 2.68. The highest BCUT2D eigenvalue weighted by Crippen LogP contribution is 2.30. The quantitative estimate of drug-likeness (QED) is 0.672. The van der Waals surface area contributed by atoms with Crippen molar-refractivity contribution < 1.29 is 14.3 Å². The van der Waals surface area contributed by atoms with Gasteiger partial charge in [0.25, 0.3) is 0 Å². The second-order valence-electron chi connectivity index (χ2n) is 4.03. The van der Waals surface area contributed by atoms with E-state index in [9.17, 15) is 9.90 Å². The monoisotopic (exact) mass is 262 g/mol. The maximum Gasteiger partial charge on any atom is 0.159 e. The van der Waals surface area contributed by atoms with E-state index in [0.29, 0.717) is 11.3 Å². The second-order valence-corrected chi connectivity index (χ2v) is 5.05. The first-order valence-electron chi connectivity index (χ1n) is 5.57. The van der Waals surface area contributed by atoms with Crippen LogP contribution in [0.1, 0.15) is 28.6 Å². The Hall–Kier alpha value is -1.68. The van der Waals surface area contributed by atoms with Crippen molar-refractivity contribution in [3.8, 4) is 5.75 Å². The van der Waals surface area contributed by atoms with Crippen LogP contribution in [-0.4, -0.2) is 10.9 Å². The van der Waals surface area contributed by atoms with E-state index >= 15 is 0 Å². The molecule has 4 heteroatoms. The summed E-state index contributed by atoms with van der Waals surface area (Å²) in [7, 11) is 0. The van der Waals surface area contributed by atoms with E-state index in [-0.39, 0.29) is 11.5 Å². The molecule has 1 aromatic heterocycles. The third kappa shape index (κ3) is 2.76. The molecule has 0 atom stereocenters. The summed E-state index contributed by atoms with van der Waals surface area (Å²) in [6.07, 6.45) is 1.64. The Morgan fingerprint density at radius 2 is 2.17 bits per heavy atom. The number of hydrogen-bond donors (Lipinski definition) is 1. The van der Waals surface area contributed by atoms with Gasteiger partial charge in [0.15, 0.2) is 5.78 Å². The fourth-order valence-electron chi connectivity index (χ4n) is 1.60. The molecule has 0 spiro atoms. The van der Waals surface area contributed by atoms with Crippen LogP contribution in [0, 0.1) is 6.92 Å². The Balaban J connectivity index is 2.16. The minimum absolute atomic E-state index is 0.000687. The molecular weight excluding hydrogens is 248 g/mol. The van der Waals surface area contributed by atoms with Crippen LogP contribution in [0.3, 0.4) is 0 Å². The molecule has 0 aliphatic rings. The number of hydrogen-bond acceptors (Lipinski definition) is 4. The number of phenols is 1. The third-order valence-corrected chi connectivity index (χ3v) is 3.87. The van der Waals surface area contributed by atoms with Crippen molar-refractivity contribution in [1.29, 1.82) is 0 Å². The Morgan fingerprint density at radius 3 is 2.78 bits per heavy atom. The van der Waals surface area contributed by atoms with Gasteiger partial charge >= 0.3 is 0 Å². The normalized spacial score (nSPS) is 10.6. The van der Waals surface area contributed by atoms with Crippen LogP contribution in [0.2, 0.25) is 0 Å². The first-order chi connectivity index (χ1) is 8.58. The van der Waals surface area contributed by atoms with E-state index in [2.05, 4.69) is 0 Å². The number of rotatable bonds is 4. The van der Waals surface area contributed by atoms with E-state index in [0.717, 1.165) is 16.2 Å². The van der Waals surface area contributed by atoms with Gasteiger partial charge in [0.1, 0.15) is 11.5 Å². The lowest BCUT2D eigenvalue weighted by Gasteiger charge is -2.05. The van der Waals surface area contributed by atoms with Crippen molar-refractivity contribution >= 4 is 17.5 Å². The van der Waals surface area contributed by atoms with Gasteiger partial charge in [-0.3, -0.25) is 4.79 Å². The largest absolute Gasteiger partial charge is 0.508 e. The minimum Gasteiger partial charge on any atom is -0.508 e. The zero-order valence-corrected chi connectivity index (χ0v) is 11.1. The Kier molecular flexibility index (Phi) is 3.77. The average molecular weight is 262 g/mol. The summed E-state index contributed by atoms with van der Waals surface area (Å²) < 4.78 is 5.21. The summed E-state index contributed by atoms with van der Waals surface area (Å²) in [6, 6.07) is 6.83. The van der Waals surface area contributed by atoms with Crippen molar-refractivity contribution in [2.45, 2.75) is 24.5 Å². The molecule has 0 bridgehead atoms. The molecule has 2 rings (SSSR count). The second kappa shape index (κ2) is 5.31. The van der Waals surface area contributed by atoms with Gasteiger partial charge in [-0.05, 0) is 38.1 Å². The summed E-state index contributed by atoms with van der Waals surface area (Å²) >= 11 is 1.58. The lowest BCUT2D eigenvalue weighted by Crippen LogP contribution is -1.93. The molecule has 0 amide bonds. The number of aryl methyl sites for hydroxylation is 1. The van der Waals surface area contributed by atoms with Gasteiger partial charge in [-0.2, -0.15) is 0 Å². The number of furan rings is 1. The zero-order chi connectivity index (χ0) is 13.1. The Labute approximate surface area is 110 Å². The molecule has 1 N–H and O–H groups in total. The van der Waals surface area contributed by atoms with Gasteiger partial charge in [0.2, 0.25) is 0 Å². The SMILES string of the molecule is CC(=O)c1ccc(O)c(CSc2ccoc2C)c1. The van der Waals surface area contributed by atoms with Crippen LogP contribution in [0.25, 0.3) is 0 Å². The van der Waals surface area contributed by atoms with Crippen molar-refractivity contribution in [2.75, 3.05) is 0 Å². The van der Waals surface area contributed by atoms with Crippen LogP contribution < -0.4 is 0 Å². The lowest BCUT2D eigenvalue weighted by molar-refractivity contribution is 0.101. The first kappa shape index (κ1) is 12.8. The number of carbonyl (C=O) groups excluding carboxylic acids is 1. The van der Waals surface area contributed by atoms with Gasteiger partial charge in [-0.25, -0.2) is 0 Å².